The molecule has 1 aliphatic heterocycles. The van der Waals surface area contributed by atoms with Crippen LogP contribution in [0.3, 0.4) is 0 Å². The molecule has 0 fully saturated rings. The van der Waals surface area contributed by atoms with Gasteiger partial charge in [-0.3, -0.25) is 14.4 Å². The Hall–Kier alpha value is -4.04. The highest BCUT2D eigenvalue weighted by molar-refractivity contribution is 6.35. The molecule has 0 atom stereocenters. The fraction of sp³-hybridized carbons (Fsp3) is 0.0833. The summed E-state index contributed by atoms with van der Waals surface area (Å²) in [6.45, 7) is -0.395. The number of halogens is 2. The Kier molecular flexibility index (Phi) is 6.19. The lowest BCUT2D eigenvalue weighted by Gasteiger charge is -2.13. The first-order valence-corrected chi connectivity index (χ1v) is 10.2. The molecular formula is C24H16ClFN2O5. The fourth-order valence-electron chi connectivity index (χ4n) is 3.26. The zero-order valence-electron chi connectivity index (χ0n) is 17.0. The number of anilines is 1. The summed E-state index contributed by atoms with van der Waals surface area (Å²) in [6, 6.07) is 15.8. The number of hydrogen-bond acceptors (Lipinski definition) is 5. The van der Waals surface area contributed by atoms with Crippen LogP contribution in [0.4, 0.5) is 10.1 Å². The Balaban J connectivity index is 1.39. The zero-order chi connectivity index (χ0) is 23.5. The van der Waals surface area contributed by atoms with E-state index < -0.39 is 30.3 Å². The number of ether oxygens (including phenoxy) is 1. The molecular weight excluding hydrogens is 451 g/mol. The van der Waals surface area contributed by atoms with E-state index in [-0.39, 0.29) is 29.1 Å². The average Bonchev–Trinajstić information content (AvgIpc) is 3.07. The number of carbonyl (C=O) groups excluding carboxylic acids is 4. The van der Waals surface area contributed by atoms with Gasteiger partial charge < -0.3 is 10.1 Å². The van der Waals surface area contributed by atoms with E-state index in [2.05, 4.69) is 5.32 Å². The Morgan fingerprint density at radius 3 is 2.27 bits per heavy atom. The minimum absolute atomic E-state index is 0.0270. The minimum Gasteiger partial charge on any atom is -0.452 e. The second-order valence-corrected chi connectivity index (χ2v) is 7.60. The van der Waals surface area contributed by atoms with Gasteiger partial charge in [0.1, 0.15) is 5.82 Å². The van der Waals surface area contributed by atoms with Gasteiger partial charge in [0.2, 0.25) is 0 Å². The van der Waals surface area contributed by atoms with E-state index in [1.807, 2.05) is 0 Å². The monoisotopic (exact) mass is 466 g/mol. The third-order valence-electron chi connectivity index (χ3n) is 4.94. The van der Waals surface area contributed by atoms with E-state index in [0.29, 0.717) is 16.3 Å². The van der Waals surface area contributed by atoms with Crippen molar-refractivity contribution in [3.8, 4) is 0 Å². The van der Waals surface area contributed by atoms with E-state index in [0.717, 1.165) is 4.90 Å². The van der Waals surface area contributed by atoms with Gasteiger partial charge in [-0.1, -0.05) is 23.7 Å². The lowest BCUT2D eigenvalue weighted by Crippen LogP contribution is -2.29. The van der Waals surface area contributed by atoms with Gasteiger partial charge in [-0.2, -0.15) is 0 Å². The van der Waals surface area contributed by atoms with Crippen molar-refractivity contribution in [3.05, 3.63) is 99.8 Å². The quantitative estimate of drug-likeness (QED) is 0.441. The van der Waals surface area contributed by atoms with Crippen LogP contribution in [0.5, 0.6) is 0 Å². The number of benzene rings is 3. The molecule has 9 heteroatoms. The Morgan fingerprint density at radius 2 is 1.58 bits per heavy atom. The van der Waals surface area contributed by atoms with Crippen molar-refractivity contribution in [1.29, 1.82) is 0 Å². The topological polar surface area (TPSA) is 92.8 Å². The standard InChI is InChI=1S/C24H16ClFN2O5/c25-16-4-8-18(9-5-16)28-22(30)19-10-3-15(11-20(19)23(28)31)24(32)33-13-21(29)27-12-14-1-6-17(26)7-2-14/h1-11H,12-13H2,(H,27,29). The molecule has 0 aromatic heterocycles. The number of fused-ring (bicyclic) bond motifs is 1. The van der Waals surface area contributed by atoms with Gasteiger partial charge >= 0.3 is 5.97 Å². The number of nitrogens with one attached hydrogen (secondary N) is 1. The first-order valence-electron chi connectivity index (χ1n) is 9.80. The third-order valence-corrected chi connectivity index (χ3v) is 5.20. The van der Waals surface area contributed by atoms with Crippen LogP contribution in [0.1, 0.15) is 36.6 Å². The highest BCUT2D eigenvalue weighted by Crippen LogP contribution is 2.30. The van der Waals surface area contributed by atoms with Crippen LogP contribution in [-0.2, 0) is 16.1 Å². The van der Waals surface area contributed by atoms with Gasteiger partial charge in [-0.15, -0.1) is 0 Å². The van der Waals surface area contributed by atoms with E-state index in [1.165, 1.54) is 42.5 Å². The highest BCUT2D eigenvalue weighted by Gasteiger charge is 2.37. The Morgan fingerprint density at radius 1 is 0.909 bits per heavy atom. The molecule has 1 N–H and O–H groups in total. The molecule has 0 unspecified atom stereocenters. The summed E-state index contributed by atoms with van der Waals surface area (Å²) < 4.78 is 17.9. The molecule has 1 heterocycles. The molecule has 166 valence electrons. The highest BCUT2D eigenvalue weighted by atomic mass is 35.5. The molecule has 1 aliphatic rings. The minimum atomic E-state index is -0.820. The van der Waals surface area contributed by atoms with E-state index in [4.69, 9.17) is 16.3 Å². The summed E-state index contributed by atoms with van der Waals surface area (Å²) in [4.78, 5) is 50.8. The molecule has 0 aliphatic carbocycles. The molecule has 0 radical (unpaired) electrons. The number of rotatable bonds is 6. The number of carbonyl (C=O) groups is 4. The lowest BCUT2D eigenvalue weighted by molar-refractivity contribution is -0.124. The van der Waals surface area contributed by atoms with Crippen LogP contribution in [0.25, 0.3) is 0 Å². The fourth-order valence-corrected chi connectivity index (χ4v) is 3.39. The smallest absolute Gasteiger partial charge is 0.338 e. The molecule has 33 heavy (non-hydrogen) atoms. The number of imide groups is 1. The number of amides is 3. The molecule has 3 amide bonds. The first kappa shape index (κ1) is 22.2. The maximum atomic E-state index is 12.9. The molecule has 3 aromatic rings. The second kappa shape index (κ2) is 9.22. The molecule has 3 aromatic carbocycles. The normalized spacial score (nSPS) is 12.5. The van der Waals surface area contributed by atoms with Gasteiger partial charge in [0.05, 0.1) is 22.4 Å². The molecule has 4 rings (SSSR count). The maximum absolute atomic E-state index is 12.9. The SMILES string of the molecule is O=C(COC(=O)c1ccc2c(c1)C(=O)N(c1ccc(Cl)cc1)C2=O)NCc1ccc(F)cc1. The molecule has 0 bridgehead atoms. The molecule has 7 nitrogen and oxygen atoms in total. The van der Waals surface area contributed by atoms with Gasteiger partial charge in [0.25, 0.3) is 17.7 Å². The Bertz CT molecular complexity index is 1260. The van der Waals surface area contributed by atoms with Crippen LogP contribution in [0, 0.1) is 5.82 Å². The summed E-state index contributed by atoms with van der Waals surface area (Å²) in [5.74, 6) is -2.85. The van der Waals surface area contributed by atoms with Gasteiger partial charge in [-0.25, -0.2) is 14.1 Å². The van der Waals surface area contributed by atoms with Crippen molar-refractivity contribution in [2.24, 2.45) is 0 Å². The van der Waals surface area contributed by atoms with Crippen LogP contribution in [0.15, 0.2) is 66.7 Å². The first-order chi connectivity index (χ1) is 15.8. The van der Waals surface area contributed by atoms with Crippen molar-refractivity contribution in [2.45, 2.75) is 6.54 Å². The summed E-state index contributed by atoms with van der Waals surface area (Å²) in [7, 11) is 0. The summed E-state index contributed by atoms with van der Waals surface area (Å²) in [6.07, 6.45) is 0. The van der Waals surface area contributed by atoms with Gasteiger partial charge in [0, 0.05) is 11.6 Å². The van der Waals surface area contributed by atoms with E-state index in [1.54, 1.807) is 24.3 Å². The predicted octanol–water partition coefficient (Wildman–Crippen LogP) is 3.75. The van der Waals surface area contributed by atoms with E-state index >= 15 is 0 Å². The summed E-state index contributed by atoms with van der Waals surface area (Å²) in [5.41, 5.74) is 1.28. The van der Waals surface area contributed by atoms with Crippen LogP contribution in [-0.4, -0.2) is 30.3 Å². The van der Waals surface area contributed by atoms with E-state index in [9.17, 15) is 23.6 Å². The maximum Gasteiger partial charge on any atom is 0.338 e. The number of hydrogen-bond donors (Lipinski definition) is 1. The third kappa shape index (κ3) is 4.75. The van der Waals surface area contributed by atoms with Crippen molar-refractivity contribution in [3.63, 3.8) is 0 Å². The largest absolute Gasteiger partial charge is 0.452 e. The van der Waals surface area contributed by atoms with Gasteiger partial charge in [-0.05, 0) is 60.2 Å². The van der Waals surface area contributed by atoms with Crippen molar-refractivity contribution >= 4 is 41.0 Å². The van der Waals surface area contributed by atoms with Crippen LogP contribution in [0.2, 0.25) is 5.02 Å². The Labute approximate surface area is 192 Å². The summed E-state index contributed by atoms with van der Waals surface area (Å²) >= 11 is 5.86. The number of esters is 1. The molecule has 0 spiro atoms. The lowest BCUT2D eigenvalue weighted by atomic mass is 10.1. The van der Waals surface area contributed by atoms with Gasteiger partial charge in [0.15, 0.2) is 6.61 Å². The van der Waals surface area contributed by atoms with Crippen LogP contribution >= 0.6 is 11.6 Å². The molecule has 0 saturated heterocycles. The average molecular weight is 467 g/mol. The van der Waals surface area contributed by atoms with Crippen molar-refractivity contribution < 1.29 is 28.3 Å². The zero-order valence-corrected chi connectivity index (χ0v) is 17.8. The number of nitrogens with zero attached hydrogens (tertiary/aromatic N) is 1. The predicted molar refractivity (Wildman–Crippen MR) is 118 cm³/mol. The molecule has 0 saturated carbocycles. The van der Waals surface area contributed by atoms with Crippen LogP contribution < -0.4 is 10.2 Å². The van der Waals surface area contributed by atoms with Crippen molar-refractivity contribution in [2.75, 3.05) is 11.5 Å². The van der Waals surface area contributed by atoms with Crippen molar-refractivity contribution in [1.82, 2.24) is 5.32 Å². The second-order valence-electron chi connectivity index (χ2n) is 7.16. The summed E-state index contributed by atoms with van der Waals surface area (Å²) in [5, 5.41) is 3.01.